The third-order valence-electron chi connectivity index (χ3n) is 2.82. The summed E-state index contributed by atoms with van der Waals surface area (Å²) in [4.78, 5) is 0. The fourth-order valence-corrected chi connectivity index (χ4v) is 2.38. The molecule has 94 valence electrons. The SMILES string of the molecule is Cc1cc(Br)c(O)c(-c2ccc(F)c(C)c2F)c1. The normalized spacial score (nSPS) is 10.7. The zero-order valence-electron chi connectivity index (χ0n) is 9.89. The smallest absolute Gasteiger partial charge is 0.137 e. The van der Waals surface area contributed by atoms with Gasteiger partial charge >= 0.3 is 0 Å². The van der Waals surface area contributed by atoms with Gasteiger partial charge < -0.3 is 5.11 Å². The molecule has 4 heteroatoms. The van der Waals surface area contributed by atoms with Crippen LogP contribution in [0.2, 0.25) is 0 Å². The Morgan fingerprint density at radius 2 is 1.72 bits per heavy atom. The molecule has 0 unspecified atom stereocenters. The summed E-state index contributed by atoms with van der Waals surface area (Å²) >= 11 is 3.21. The summed E-state index contributed by atoms with van der Waals surface area (Å²) in [5, 5.41) is 9.95. The largest absolute Gasteiger partial charge is 0.506 e. The number of rotatable bonds is 1. The molecule has 0 amide bonds. The van der Waals surface area contributed by atoms with Crippen LogP contribution in [0.25, 0.3) is 11.1 Å². The Morgan fingerprint density at radius 1 is 1.06 bits per heavy atom. The van der Waals surface area contributed by atoms with E-state index in [2.05, 4.69) is 15.9 Å². The molecular formula is C14H11BrF2O. The van der Waals surface area contributed by atoms with Crippen molar-refractivity contribution < 1.29 is 13.9 Å². The van der Waals surface area contributed by atoms with Crippen LogP contribution in [-0.4, -0.2) is 5.11 Å². The summed E-state index contributed by atoms with van der Waals surface area (Å²) < 4.78 is 27.7. The molecule has 18 heavy (non-hydrogen) atoms. The highest BCUT2D eigenvalue weighted by molar-refractivity contribution is 9.10. The van der Waals surface area contributed by atoms with Crippen LogP contribution in [0.1, 0.15) is 11.1 Å². The van der Waals surface area contributed by atoms with Crippen molar-refractivity contribution in [2.24, 2.45) is 0 Å². The van der Waals surface area contributed by atoms with Crippen molar-refractivity contribution in [2.75, 3.05) is 0 Å². The Hall–Kier alpha value is -1.42. The van der Waals surface area contributed by atoms with Gasteiger partial charge in [0.1, 0.15) is 17.4 Å². The Balaban J connectivity index is 2.74. The van der Waals surface area contributed by atoms with E-state index in [1.54, 1.807) is 12.1 Å². The number of hydrogen-bond donors (Lipinski definition) is 1. The fraction of sp³-hybridized carbons (Fsp3) is 0.143. The second-order valence-electron chi connectivity index (χ2n) is 4.18. The first-order chi connectivity index (χ1) is 8.41. The zero-order chi connectivity index (χ0) is 13.4. The van der Waals surface area contributed by atoms with Crippen molar-refractivity contribution in [1.82, 2.24) is 0 Å². The molecule has 1 nitrogen and oxygen atoms in total. The minimum absolute atomic E-state index is 0.0505. The van der Waals surface area contributed by atoms with Gasteiger partial charge in [-0.1, -0.05) is 0 Å². The molecule has 0 aliphatic carbocycles. The minimum Gasteiger partial charge on any atom is -0.506 e. The van der Waals surface area contributed by atoms with Crippen LogP contribution in [0.5, 0.6) is 5.75 Å². The average molecular weight is 313 g/mol. The molecule has 0 aliphatic rings. The lowest BCUT2D eigenvalue weighted by atomic mass is 9.99. The number of aromatic hydroxyl groups is 1. The maximum absolute atomic E-state index is 14.0. The van der Waals surface area contributed by atoms with Gasteiger partial charge in [-0.15, -0.1) is 0 Å². The van der Waals surface area contributed by atoms with E-state index in [-0.39, 0.29) is 16.9 Å². The molecule has 0 aliphatic heterocycles. The lowest BCUT2D eigenvalue weighted by molar-refractivity contribution is 0.473. The van der Waals surface area contributed by atoms with Gasteiger partial charge in [-0.05, 0) is 59.6 Å². The van der Waals surface area contributed by atoms with Crippen molar-refractivity contribution in [3.8, 4) is 16.9 Å². The third-order valence-corrected chi connectivity index (χ3v) is 3.42. The summed E-state index contributed by atoms with van der Waals surface area (Å²) in [6.07, 6.45) is 0. The van der Waals surface area contributed by atoms with E-state index < -0.39 is 11.6 Å². The molecule has 2 aromatic rings. The number of phenols is 1. The number of benzene rings is 2. The molecule has 0 atom stereocenters. The first-order valence-electron chi connectivity index (χ1n) is 5.36. The Morgan fingerprint density at radius 3 is 2.39 bits per heavy atom. The van der Waals surface area contributed by atoms with Crippen molar-refractivity contribution >= 4 is 15.9 Å². The van der Waals surface area contributed by atoms with Crippen LogP contribution in [0.4, 0.5) is 8.78 Å². The summed E-state index contributed by atoms with van der Waals surface area (Å²) in [7, 11) is 0. The second-order valence-corrected chi connectivity index (χ2v) is 5.03. The van der Waals surface area contributed by atoms with Crippen LogP contribution < -0.4 is 0 Å². The lowest BCUT2D eigenvalue weighted by Crippen LogP contribution is -1.93. The standard InChI is InChI=1S/C14H11BrF2O/c1-7-5-10(14(18)11(15)6-7)9-3-4-12(16)8(2)13(9)17/h3-6,18H,1-2H3. The lowest BCUT2D eigenvalue weighted by Gasteiger charge is -2.11. The quantitative estimate of drug-likeness (QED) is 0.808. The van der Waals surface area contributed by atoms with E-state index >= 15 is 0 Å². The van der Waals surface area contributed by atoms with E-state index in [1.807, 2.05) is 6.92 Å². The van der Waals surface area contributed by atoms with Gasteiger partial charge in [0.05, 0.1) is 4.47 Å². The second kappa shape index (κ2) is 4.69. The molecule has 0 fully saturated rings. The van der Waals surface area contributed by atoms with Gasteiger partial charge in [-0.2, -0.15) is 0 Å². The average Bonchev–Trinajstić information content (AvgIpc) is 2.31. The van der Waals surface area contributed by atoms with Gasteiger partial charge in [0.25, 0.3) is 0 Å². The van der Waals surface area contributed by atoms with E-state index in [1.165, 1.54) is 19.1 Å². The summed E-state index contributed by atoms with van der Waals surface area (Å²) in [6.45, 7) is 3.21. The Kier molecular flexibility index (Phi) is 3.39. The molecule has 0 bridgehead atoms. The van der Waals surface area contributed by atoms with Crippen LogP contribution in [0.3, 0.4) is 0 Å². The molecule has 0 saturated carbocycles. The molecule has 2 rings (SSSR count). The van der Waals surface area contributed by atoms with Gasteiger partial charge in [0, 0.05) is 16.7 Å². The predicted octanol–water partition coefficient (Wildman–Crippen LogP) is 4.72. The number of hydrogen-bond acceptors (Lipinski definition) is 1. The molecular weight excluding hydrogens is 302 g/mol. The van der Waals surface area contributed by atoms with Gasteiger partial charge in [0.2, 0.25) is 0 Å². The van der Waals surface area contributed by atoms with Crippen molar-refractivity contribution in [3.63, 3.8) is 0 Å². The summed E-state index contributed by atoms with van der Waals surface area (Å²) in [5.74, 6) is -1.30. The van der Waals surface area contributed by atoms with Crippen LogP contribution in [0.15, 0.2) is 28.7 Å². The fourth-order valence-electron chi connectivity index (χ4n) is 1.81. The van der Waals surface area contributed by atoms with Crippen molar-refractivity contribution in [2.45, 2.75) is 13.8 Å². The minimum atomic E-state index is -0.650. The monoisotopic (exact) mass is 312 g/mol. The van der Waals surface area contributed by atoms with Gasteiger partial charge in [-0.25, -0.2) is 8.78 Å². The molecule has 1 N–H and O–H groups in total. The molecule has 0 spiro atoms. The number of phenolic OH excluding ortho intramolecular Hbond substituents is 1. The van der Waals surface area contributed by atoms with Crippen LogP contribution in [0, 0.1) is 25.5 Å². The van der Waals surface area contributed by atoms with E-state index in [0.717, 1.165) is 5.56 Å². The van der Waals surface area contributed by atoms with Crippen molar-refractivity contribution in [3.05, 3.63) is 51.5 Å². The highest BCUT2D eigenvalue weighted by Gasteiger charge is 2.16. The Bertz CT molecular complexity index is 624. The number of aryl methyl sites for hydroxylation is 1. The molecule has 0 radical (unpaired) electrons. The van der Waals surface area contributed by atoms with Crippen LogP contribution in [-0.2, 0) is 0 Å². The Labute approximate surface area is 112 Å². The summed E-state index contributed by atoms with van der Waals surface area (Å²) in [6, 6.07) is 5.92. The summed E-state index contributed by atoms with van der Waals surface area (Å²) in [5.41, 5.74) is 1.36. The molecule has 0 aromatic heterocycles. The highest BCUT2D eigenvalue weighted by Crippen LogP contribution is 2.38. The first kappa shape index (κ1) is 13.0. The highest BCUT2D eigenvalue weighted by atomic mass is 79.9. The van der Waals surface area contributed by atoms with Gasteiger partial charge in [-0.3, -0.25) is 0 Å². The zero-order valence-corrected chi connectivity index (χ0v) is 11.5. The first-order valence-corrected chi connectivity index (χ1v) is 6.15. The molecule has 0 heterocycles. The van der Waals surface area contributed by atoms with E-state index in [9.17, 15) is 13.9 Å². The maximum Gasteiger partial charge on any atom is 0.137 e. The van der Waals surface area contributed by atoms with Gasteiger partial charge in [0.15, 0.2) is 0 Å². The third kappa shape index (κ3) is 2.12. The van der Waals surface area contributed by atoms with E-state index in [0.29, 0.717) is 10.0 Å². The molecule has 2 aromatic carbocycles. The predicted molar refractivity (Wildman–Crippen MR) is 70.6 cm³/mol. The maximum atomic E-state index is 14.0. The topological polar surface area (TPSA) is 20.2 Å². The molecule has 0 saturated heterocycles. The van der Waals surface area contributed by atoms with Crippen molar-refractivity contribution in [1.29, 1.82) is 0 Å². The van der Waals surface area contributed by atoms with Crippen LogP contribution >= 0.6 is 15.9 Å². The van der Waals surface area contributed by atoms with E-state index in [4.69, 9.17) is 0 Å². The number of halogens is 3.